The van der Waals surface area contributed by atoms with E-state index in [2.05, 4.69) is 0 Å². The van der Waals surface area contributed by atoms with Crippen LogP contribution in [0.15, 0.2) is 48.5 Å². The van der Waals surface area contributed by atoms with Crippen LogP contribution in [0.4, 0.5) is 4.79 Å². The van der Waals surface area contributed by atoms with E-state index >= 15 is 0 Å². The molecule has 2 aromatic rings. The van der Waals surface area contributed by atoms with Gasteiger partial charge in [0.05, 0.1) is 11.1 Å². The Kier molecular flexibility index (Phi) is 9.73. The van der Waals surface area contributed by atoms with E-state index < -0.39 is 18.1 Å². The first-order valence-electron chi connectivity index (χ1n) is 13.1. The van der Waals surface area contributed by atoms with Crippen molar-refractivity contribution in [2.45, 2.75) is 89.6 Å². The molecule has 9 nitrogen and oxygen atoms in total. The van der Waals surface area contributed by atoms with Crippen LogP contribution in [0.3, 0.4) is 0 Å². The maximum Gasteiger partial charge on any atom is 0.508 e. The van der Waals surface area contributed by atoms with Gasteiger partial charge in [-0.15, -0.1) is 0 Å². The second kappa shape index (κ2) is 13.4. The fraction of sp³-hybridized carbons (Fsp3) is 0.483. The van der Waals surface area contributed by atoms with Crippen molar-refractivity contribution in [3.8, 4) is 0 Å². The van der Waals surface area contributed by atoms with E-state index in [9.17, 15) is 14.4 Å². The molecule has 204 valence electrons. The predicted octanol–water partition coefficient (Wildman–Crippen LogP) is 5.96. The lowest BCUT2D eigenvalue weighted by atomic mass is 9.95. The molecule has 4 rings (SSSR count). The van der Waals surface area contributed by atoms with Crippen molar-refractivity contribution in [3.63, 3.8) is 0 Å². The maximum atomic E-state index is 12.3. The van der Waals surface area contributed by atoms with Crippen LogP contribution >= 0.6 is 0 Å². The van der Waals surface area contributed by atoms with Gasteiger partial charge in [-0.05, 0) is 88.5 Å². The van der Waals surface area contributed by atoms with Crippen LogP contribution in [0.5, 0.6) is 0 Å². The summed E-state index contributed by atoms with van der Waals surface area (Å²) in [7, 11) is 0. The molecular formula is C29H34O9. The molecule has 0 N–H and O–H groups in total. The average molecular weight is 527 g/mol. The molecular weight excluding hydrogens is 492 g/mol. The minimum absolute atomic E-state index is 0.242. The van der Waals surface area contributed by atoms with Gasteiger partial charge in [0, 0.05) is 0 Å². The van der Waals surface area contributed by atoms with Gasteiger partial charge in [-0.25, -0.2) is 14.4 Å². The summed E-state index contributed by atoms with van der Waals surface area (Å²) in [5.74, 6) is -1.04. The Labute approximate surface area is 222 Å². The Morgan fingerprint density at radius 2 is 0.895 bits per heavy atom. The molecule has 0 saturated heterocycles. The topological polar surface area (TPSA) is 107 Å². The molecule has 0 atom stereocenters. The molecule has 2 aromatic carbocycles. The number of ether oxygens (including phenoxy) is 2. The van der Waals surface area contributed by atoms with Gasteiger partial charge in [-0.1, -0.05) is 36.4 Å². The van der Waals surface area contributed by atoms with Gasteiger partial charge >= 0.3 is 18.1 Å². The molecule has 2 aliphatic rings. The number of hydrogen-bond donors (Lipinski definition) is 0. The third kappa shape index (κ3) is 7.79. The minimum atomic E-state index is -0.685. The van der Waals surface area contributed by atoms with Crippen molar-refractivity contribution in [1.29, 1.82) is 0 Å². The molecule has 9 heteroatoms. The molecule has 0 unspecified atom stereocenters. The zero-order valence-corrected chi connectivity index (χ0v) is 21.8. The summed E-state index contributed by atoms with van der Waals surface area (Å²) in [5.41, 5.74) is 2.57. The highest BCUT2D eigenvalue weighted by atomic mass is 17.2. The van der Waals surface area contributed by atoms with E-state index in [0.717, 1.165) is 11.1 Å². The Morgan fingerprint density at radius 1 is 0.553 bits per heavy atom. The third-order valence-electron chi connectivity index (χ3n) is 7.02. The van der Waals surface area contributed by atoms with Crippen LogP contribution in [0.2, 0.25) is 0 Å². The second-order valence-electron chi connectivity index (χ2n) is 9.85. The van der Waals surface area contributed by atoms with Crippen molar-refractivity contribution in [2.24, 2.45) is 0 Å². The number of rotatable bonds is 8. The average Bonchev–Trinajstić information content (AvgIpc) is 2.92. The minimum Gasteiger partial charge on any atom is -0.431 e. The van der Waals surface area contributed by atoms with Crippen molar-refractivity contribution >= 4 is 18.1 Å². The maximum absolute atomic E-state index is 12.3. The standard InChI is InChI=1S/C29H34O9/c1-19-7-3-5-9-25(19)27(30)37-35-23-15-11-21(12-16-23)33-29(32)34-22-13-17-24(18-14-22)36-38-28(31)26-10-6-4-8-20(26)2/h3-10,21-24H,11-18H2,1-2H3. The summed E-state index contributed by atoms with van der Waals surface area (Å²) in [4.78, 5) is 57.4. The van der Waals surface area contributed by atoms with Crippen LogP contribution in [0, 0.1) is 13.8 Å². The first-order chi connectivity index (χ1) is 18.4. The summed E-state index contributed by atoms with van der Waals surface area (Å²) in [6, 6.07) is 14.3. The molecule has 0 amide bonds. The van der Waals surface area contributed by atoms with E-state index in [1.807, 2.05) is 38.1 Å². The Morgan fingerprint density at radius 3 is 1.26 bits per heavy atom. The normalized spacial score (nSPS) is 23.2. The van der Waals surface area contributed by atoms with Gasteiger partial charge in [0.25, 0.3) is 0 Å². The molecule has 2 aliphatic carbocycles. The number of carbonyl (C=O) groups is 3. The van der Waals surface area contributed by atoms with Crippen LogP contribution in [-0.4, -0.2) is 42.5 Å². The quantitative estimate of drug-likeness (QED) is 0.234. The summed E-state index contributed by atoms with van der Waals surface area (Å²) in [5, 5.41) is 0. The van der Waals surface area contributed by atoms with Gasteiger partial charge in [0.15, 0.2) is 0 Å². The molecule has 0 bridgehead atoms. The summed E-state index contributed by atoms with van der Waals surface area (Å²) in [6.45, 7) is 3.67. The SMILES string of the molecule is Cc1ccccc1C(=O)OOC1CCC(OC(=O)OC2CCC(OOC(=O)c3ccccc3C)CC2)CC1. The third-order valence-corrected chi connectivity index (χ3v) is 7.02. The first kappa shape index (κ1) is 27.6. The summed E-state index contributed by atoms with van der Waals surface area (Å²) < 4.78 is 11.0. The van der Waals surface area contributed by atoms with Gasteiger partial charge in [0.2, 0.25) is 0 Å². The smallest absolute Gasteiger partial charge is 0.431 e. The molecule has 38 heavy (non-hydrogen) atoms. The van der Waals surface area contributed by atoms with E-state index in [1.165, 1.54) is 0 Å². The highest BCUT2D eigenvalue weighted by Gasteiger charge is 2.30. The van der Waals surface area contributed by atoms with Gasteiger partial charge < -0.3 is 9.47 Å². The molecule has 2 saturated carbocycles. The van der Waals surface area contributed by atoms with Crippen LogP contribution in [0.1, 0.15) is 83.2 Å². The second-order valence-corrected chi connectivity index (χ2v) is 9.85. The first-order valence-corrected chi connectivity index (χ1v) is 13.1. The van der Waals surface area contributed by atoms with E-state index in [0.29, 0.717) is 62.5 Å². The van der Waals surface area contributed by atoms with E-state index in [4.69, 9.17) is 29.0 Å². The fourth-order valence-electron chi connectivity index (χ4n) is 4.71. The summed E-state index contributed by atoms with van der Waals surface area (Å²) in [6.07, 6.45) is 3.06. The molecule has 2 fully saturated rings. The lowest BCUT2D eigenvalue weighted by Crippen LogP contribution is -2.32. The number of benzene rings is 2. The molecule has 0 aliphatic heterocycles. The van der Waals surface area contributed by atoms with E-state index in [-0.39, 0.29) is 24.4 Å². The number of hydrogen-bond acceptors (Lipinski definition) is 9. The van der Waals surface area contributed by atoms with Gasteiger partial charge in [-0.3, -0.25) is 9.78 Å². The highest BCUT2D eigenvalue weighted by molar-refractivity contribution is 5.91. The zero-order chi connectivity index (χ0) is 26.9. The monoisotopic (exact) mass is 526 g/mol. The Balaban J connectivity index is 1.09. The van der Waals surface area contributed by atoms with Gasteiger partial charge in [-0.2, -0.15) is 9.78 Å². The van der Waals surface area contributed by atoms with Crippen molar-refractivity contribution in [3.05, 3.63) is 70.8 Å². The van der Waals surface area contributed by atoms with E-state index in [1.54, 1.807) is 24.3 Å². The lowest BCUT2D eigenvalue weighted by molar-refractivity contribution is -0.282. The molecule has 0 spiro atoms. The van der Waals surface area contributed by atoms with Gasteiger partial charge in [0.1, 0.15) is 24.4 Å². The van der Waals surface area contributed by atoms with Crippen molar-refractivity contribution in [2.75, 3.05) is 0 Å². The molecule has 0 aromatic heterocycles. The largest absolute Gasteiger partial charge is 0.508 e. The Bertz CT molecular complexity index is 1010. The Hall–Kier alpha value is -3.43. The van der Waals surface area contributed by atoms with Crippen LogP contribution in [-0.2, 0) is 29.0 Å². The molecule has 0 heterocycles. The fourth-order valence-corrected chi connectivity index (χ4v) is 4.71. The van der Waals surface area contributed by atoms with Crippen LogP contribution < -0.4 is 0 Å². The molecule has 0 radical (unpaired) electrons. The van der Waals surface area contributed by atoms with Crippen molar-refractivity contribution < 1.29 is 43.4 Å². The van der Waals surface area contributed by atoms with Crippen molar-refractivity contribution in [1.82, 2.24) is 0 Å². The lowest BCUT2D eigenvalue weighted by Gasteiger charge is -2.29. The van der Waals surface area contributed by atoms with Crippen LogP contribution in [0.25, 0.3) is 0 Å². The highest BCUT2D eigenvalue weighted by Crippen LogP contribution is 2.27. The zero-order valence-electron chi connectivity index (χ0n) is 21.8. The number of aryl methyl sites for hydroxylation is 2. The predicted molar refractivity (Wildman–Crippen MR) is 135 cm³/mol. The summed E-state index contributed by atoms with van der Waals surface area (Å²) >= 11 is 0. The number of carbonyl (C=O) groups excluding carboxylic acids is 3.